The average molecular weight is 447 g/mol. The van der Waals surface area contributed by atoms with Gasteiger partial charge in [-0.05, 0) is 63.3 Å². The molecule has 2 aromatic heterocycles. The molecule has 0 unspecified atom stereocenters. The topological polar surface area (TPSA) is 95.5 Å². The van der Waals surface area contributed by atoms with Gasteiger partial charge in [-0.25, -0.2) is 18.6 Å². The predicted molar refractivity (Wildman–Crippen MR) is 117 cm³/mol. The molecule has 1 atom stereocenters. The molecule has 0 aliphatic carbocycles. The van der Waals surface area contributed by atoms with Gasteiger partial charge in [-0.2, -0.15) is 0 Å². The number of rotatable bonds is 7. The first kappa shape index (κ1) is 20.0. The van der Waals surface area contributed by atoms with Crippen LogP contribution in [0.1, 0.15) is 11.1 Å². The van der Waals surface area contributed by atoms with E-state index in [4.69, 9.17) is 5.21 Å². The molecule has 0 aliphatic heterocycles. The van der Waals surface area contributed by atoms with Crippen LogP contribution < -0.4 is 10.2 Å². The Morgan fingerprint density at radius 2 is 1.90 bits per heavy atom. The first-order valence-electron chi connectivity index (χ1n) is 8.80. The molecule has 0 fully saturated rings. The number of thiophene rings is 2. The normalized spacial score (nSPS) is 13.0. The Hall–Kier alpha value is -2.30. The number of carbonyl (C=O) groups is 1. The Kier molecular flexibility index (Phi) is 5.66. The van der Waals surface area contributed by atoms with Crippen LogP contribution in [0.25, 0.3) is 20.2 Å². The Morgan fingerprint density at radius 1 is 1.07 bits per heavy atom. The summed E-state index contributed by atoms with van der Waals surface area (Å²) < 4.78 is 30.0. The van der Waals surface area contributed by atoms with Crippen molar-refractivity contribution in [2.75, 3.05) is 0 Å². The molecule has 150 valence electrons. The average Bonchev–Trinajstić information content (AvgIpc) is 3.33. The molecule has 0 radical (unpaired) electrons. The molecule has 0 bridgehead atoms. The monoisotopic (exact) mass is 446 g/mol. The quantitative estimate of drug-likeness (QED) is 0.298. The van der Waals surface area contributed by atoms with E-state index >= 15 is 0 Å². The molecule has 4 aromatic rings. The van der Waals surface area contributed by atoms with Crippen molar-refractivity contribution in [3.05, 3.63) is 70.4 Å². The summed E-state index contributed by atoms with van der Waals surface area (Å²) in [6.45, 7) is 0. The summed E-state index contributed by atoms with van der Waals surface area (Å²) in [6.07, 6.45) is 0.138. The third kappa shape index (κ3) is 4.49. The van der Waals surface area contributed by atoms with Crippen molar-refractivity contribution in [3.63, 3.8) is 0 Å². The Labute approximate surface area is 175 Å². The van der Waals surface area contributed by atoms with Crippen LogP contribution >= 0.6 is 22.7 Å². The highest BCUT2D eigenvalue weighted by Crippen LogP contribution is 2.27. The second-order valence-electron chi connectivity index (χ2n) is 6.66. The zero-order valence-electron chi connectivity index (χ0n) is 15.2. The van der Waals surface area contributed by atoms with Gasteiger partial charge in [0.2, 0.25) is 10.0 Å². The van der Waals surface area contributed by atoms with Gasteiger partial charge in [0, 0.05) is 9.40 Å². The lowest BCUT2D eigenvalue weighted by Gasteiger charge is -2.17. The van der Waals surface area contributed by atoms with Crippen LogP contribution in [0.4, 0.5) is 0 Å². The van der Waals surface area contributed by atoms with Crippen LogP contribution in [0, 0.1) is 0 Å². The Bertz CT molecular complexity index is 1280. The minimum atomic E-state index is -3.81. The molecule has 2 heterocycles. The molecule has 1 amide bonds. The smallest absolute Gasteiger partial charge is 0.261 e. The Morgan fingerprint density at radius 3 is 2.72 bits per heavy atom. The summed E-state index contributed by atoms with van der Waals surface area (Å²) in [6, 6.07) is 14.0. The highest BCUT2D eigenvalue weighted by atomic mass is 32.2. The van der Waals surface area contributed by atoms with Crippen molar-refractivity contribution in [2.24, 2.45) is 0 Å². The van der Waals surface area contributed by atoms with Crippen LogP contribution in [-0.4, -0.2) is 25.6 Å². The van der Waals surface area contributed by atoms with E-state index in [0.717, 1.165) is 25.7 Å². The fourth-order valence-electron chi connectivity index (χ4n) is 3.26. The number of carbonyl (C=O) groups excluding carboxylic acids is 1. The van der Waals surface area contributed by atoms with E-state index < -0.39 is 22.0 Å². The lowest BCUT2D eigenvalue weighted by Crippen LogP contribution is -2.47. The maximum atomic E-state index is 12.7. The first-order chi connectivity index (χ1) is 13.9. The van der Waals surface area contributed by atoms with Crippen LogP contribution in [0.2, 0.25) is 0 Å². The molecular weight excluding hydrogens is 428 g/mol. The summed E-state index contributed by atoms with van der Waals surface area (Å²) in [5.41, 5.74) is 3.05. The molecule has 4 rings (SSSR count). The second kappa shape index (κ2) is 8.21. The Balaban J connectivity index is 1.55. The summed E-state index contributed by atoms with van der Waals surface area (Å²) in [5, 5.41) is 14.9. The van der Waals surface area contributed by atoms with Crippen LogP contribution in [0.15, 0.2) is 59.3 Å². The maximum Gasteiger partial charge on any atom is 0.261 e. The van der Waals surface area contributed by atoms with Gasteiger partial charge in [0.15, 0.2) is 0 Å². The van der Waals surface area contributed by atoms with Gasteiger partial charge in [-0.15, -0.1) is 22.7 Å². The van der Waals surface area contributed by atoms with Crippen molar-refractivity contribution < 1.29 is 18.4 Å². The molecule has 3 N–H and O–H groups in total. The second-order valence-corrected chi connectivity index (χ2v) is 10.3. The van der Waals surface area contributed by atoms with Crippen LogP contribution in [0.5, 0.6) is 0 Å². The predicted octanol–water partition coefficient (Wildman–Crippen LogP) is 3.65. The third-order valence-corrected chi connectivity index (χ3v) is 7.87. The van der Waals surface area contributed by atoms with Crippen molar-refractivity contribution in [1.29, 1.82) is 0 Å². The number of hydrogen-bond acceptors (Lipinski definition) is 6. The third-order valence-electron chi connectivity index (χ3n) is 4.61. The van der Waals surface area contributed by atoms with Gasteiger partial charge < -0.3 is 0 Å². The zero-order valence-corrected chi connectivity index (χ0v) is 17.6. The van der Waals surface area contributed by atoms with Gasteiger partial charge in [0.25, 0.3) is 5.91 Å². The molecule has 6 nitrogen and oxygen atoms in total. The lowest BCUT2D eigenvalue weighted by molar-refractivity contribution is -0.130. The number of sulfonamides is 1. The summed E-state index contributed by atoms with van der Waals surface area (Å²) >= 11 is 3.12. The SMILES string of the molecule is O=C(NO)[C@@H](Cc1csc2ccccc12)NS(=O)(=O)Cc1ccc2sccc2c1. The number of hydrogen-bond donors (Lipinski definition) is 3. The summed E-state index contributed by atoms with van der Waals surface area (Å²) in [4.78, 5) is 12.2. The molecule has 29 heavy (non-hydrogen) atoms. The number of amides is 1. The molecule has 0 spiro atoms. The molecule has 2 aromatic carbocycles. The zero-order chi connectivity index (χ0) is 20.4. The summed E-state index contributed by atoms with van der Waals surface area (Å²) in [5.74, 6) is -1.05. The van der Waals surface area contributed by atoms with Gasteiger partial charge in [-0.3, -0.25) is 10.0 Å². The molecule has 0 saturated carbocycles. The highest BCUT2D eigenvalue weighted by Gasteiger charge is 2.26. The van der Waals surface area contributed by atoms with E-state index in [2.05, 4.69) is 4.72 Å². The number of fused-ring (bicyclic) bond motifs is 2. The fourth-order valence-corrected chi connectivity index (χ4v) is 6.33. The standard InChI is InChI=1S/C20H18N2O4S3/c23-20(21-24)17(10-15-11-28-19-4-2-1-3-16(15)19)22-29(25,26)12-13-5-6-18-14(9-13)7-8-27-18/h1-9,11,17,22,24H,10,12H2,(H,21,23)/t17-/m1/s1. The van der Waals surface area contributed by atoms with Gasteiger partial charge >= 0.3 is 0 Å². The van der Waals surface area contributed by atoms with E-state index in [1.54, 1.807) is 22.9 Å². The van der Waals surface area contributed by atoms with Crippen LogP contribution in [-0.2, 0) is 27.0 Å². The van der Waals surface area contributed by atoms with Crippen molar-refractivity contribution in [1.82, 2.24) is 10.2 Å². The maximum absolute atomic E-state index is 12.7. The molecule has 9 heteroatoms. The fraction of sp³-hybridized carbons (Fsp3) is 0.150. The van der Waals surface area contributed by atoms with Crippen LogP contribution in [0.3, 0.4) is 0 Å². The highest BCUT2D eigenvalue weighted by molar-refractivity contribution is 7.88. The van der Waals surface area contributed by atoms with E-state index in [-0.39, 0.29) is 12.2 Å². The molecule has 0 saturated heterocycles. The van der Waals surface area contributed by atoms with Crippen molar-refractivity contribution in [3.8, 4) is 0 Å². The molecular formula is C20H18N2O4S3. The summed E-state index contributed by atoms with van der Waals surface area (Å²) in [7, 11) is -3.81. The van der Waals surface area contributed by atoms with Gasteiger partial charge in [0.05, 0.1) is 5.75 Å². The van der Waals surface area contributed by atoms with E-state index in [1.165, 1.54) is 11.3 Å². The lowest BCUT2D eigenvalue weighted by atomic mass is 10.1. The van der Waals surface area contributed by atoms with Gasteiger partial charge in [0.1, 0.15) is 6.04 Å². The van der Waals surface area contributed by atoms with Gasteiger partial charge in [-0.1, -0.05) is 24.3 Å². The van der Waals surface area contributed by atoms with E-state index in [1.807, 2.05) is 53.2 Å². The molecule has 0 aliphatic rings. The number of nitrogens with one attached hydrogen (secondary N) is 2. The minimum Gasteiger partial charge on any atom is -0.289 e. The minimum absolute atomic E-state index is 0.138. The largest absolute Gasteiger partial charge is 0.289 e. The van der Waals surface area contributed by atoms with Crippen molar-refractivity contribution in [2.45, 2.75) is 18.2 Å². The van der Waals surface area contributed by atoms with E-state index in [9.17, 15) is 13.2 Å². The van der Waals surface area contributed by atoms with E-state index in [0.29, 0.717) is 5.56 Å². The van der Waals surface area contributed by atoms with Crippen molar-refractivity contribution >= 4 is 58.8 Å². The number of hydroxylamine groups is 1. The number of benzene rings is 2. The first-order valence-corrected chi connectivity index (χ1v) is 12.2.